The zero-order chi connectivity index (χ0) is 19.3. The van der Waals surface area contributed by atoms with Crippen molar-refractivity contribution >= 4 is 33.1 Å². The van der Waals surface area contributed by atoms with Crippen LogP contribution in [0, 0.1) is 5.92 Å². The highest BCUT2D eigenvalue weighted by Crippen LogP contribution is 2.34. The van der Waals surface area contributed by atoms with Crippen molar-refractivity contribution in [3.63, 3.8) is 0 Å². The van der Waals surface area contributed by atoms with Crippen LogP contribution in [0.4, 0.5) is 0 Å². The Morgan fingerprint density at radius 1 is 1.21 bits per heavy atom. The van der Waals surface area contributed by atoms with Gasteiger partial charge in [-0.05, 0) is 62.1 Å². The fourth-order valence-corrected chi connectivity index (χ4v) is 6.05. The molecular weight excluding hydrogens is 370 g/mol. The lowest BCUT2D eigenvalue weighted by molar-refractivity contribution is 0.0911. The van der Waals surface area contributed by atoms with E-state index < -0.39 is 0 Å². The summed E-state index contributed by atoms with van der Waals surface area (Å²) in [6.07, 6.45) is 10.6. The number of fused-ring (bicyclic) bond motifs is 4. The summed E-state index contributed by atoms with van der Waals surface area (Å²) in [4.78, 5) is 33.2. The molecule has 5 rings (SSSR count). The molecule has 2 aliphatic rings. The van der Waals surface area contributed by atoms with Crippen LogP contribution in [-0.2, 0) is 12.8 Å². The van der Waals surface area contributed by atoms with E-state index in [4.69, 9.17) is 4.98 Å². The fourth-order valence-electron chi connectivity index (χ4n) is 4.80. The lowest BCUT2D eigenvalue weighted by Gasteiger charge is -2.29. The summed E-state index contributed by atoms with van der Waals surface area (Å²) in [5.41, 5.74) is 2.11. The van der Waals surface area contributed by atoms with E-state index in [2.05, 4.69) is 12.2 Å². The standard InChI is InChI=1S/C22H25N3O2S/c1-13-7-2-4-10-16(13)23-20(26)15-9-6-12-25-19(15)24-21-18(22(25)27)14-8-3-5-11-17(14)28-21/h6,9,12-13,16H,2-5,7-8,10-11H2,1H3,(H,23,26)/t13-,16+/m1/s1. The Morgan fingerprint density at radius 3 is 2.89 bits per heavy atom. The van der Waals surface area contributed by atoms with E-state index in [1.54, 1.807) is 34.1 Å². The first-order valence-electron chi connectivity index (χ1n) is 10.4. The SMILES string of the molecule is C[C@@H]1CCCC[C@@H]1NC(=O)c1cccn2c(=O)c3c4c(sc3nc12)CCCC4. The predicted octanol–water partition coefficient (Wildman–Crippen LogP) is 4.10. The van der Waals surface area contributed by atoms with Gasteiger partial charge in [0, 0.05) is 17.1 Å². The number of carbonyl (C=O) groups is 1. The molecule has 146 valence electrons. The maximum Gasteiger partial charge on any atom is 0.266 e. The Labute approximate surface area is 167 Å². The molecule has 1 fully saturated rings. The van der Waals surface area contributed by atoms with Crippen LogP contribution in [0.5, 0.6) is 0 Å². The Morgan fingerprint density at radius 2 is 2.04 bits per heavy atom. The molecular formula is C22H25N3O2S. The molecule has 0 aliphatic heterocycles. The van der Waals surface area contributed by atoms with Crippen LogP contribution in [0.1, 0.15) is 66.2 Å². The molecule has 6 heteroatoms. The molecule has 0 bridgehead atoms. The highest BCUT2D eigenvalue weighted by molar-refractivity contribution is 7.18. The highest BCUT2D eigenvalue weighted by atomic mass is 32.1. The second-order valence-electron chi connectivity index (χ2n) is 8.27. The summed E-state index contributed by atoms with van der Waals surface area (Å²) in [5.74, 6) is 0.364. The molecule has 0 saturated heterocycles. The number of aryl methyl sites for hydroxylation is 2. The van der Waals surface area contributed by atoms with Crippen molar-refractivity contribution in [1.82, 2.24) is 14.7 Å². The lowest BCUT2D eigenvalue weighted by Crippen LogP contribution is -2.41. The first-order valence-corrected chi connectivity index (χ1v) is 11.2. The molecule has 2 atom stereocenters. The third-order valence-electron chi connectivity index (χ3n) is 6.43. The Kier molecular flexibility index (Phi) is 4.46. The van der Waals surface area contributed by atoms with Crippen LogP contribution in [0.15, 0.2) is 23.1 Å². The van der Waals surface area contributed by atoms with Gasteiger partial charge in [-0.15, -0.1) is 11.3 Å². The number of hydrogen-bond donors (Lipinski definition) is 1. The smallest absolute Gasteiger partial charge is 0.266 e. The van der Waals surface area contributed by atoms with Crippen LogP contribution in [0.25, 0.3) is 15.9 Å². The van der Waals surface area contributed by atoms with Gasteiger partial charge in [-0.3, -0.25) is 14.0 Å². The highest BCUT2D eigenvalue weighted by Gasteiger charge is 2.25. The molecule has 3 heterocycles. The molecule has 1 amide bonds. The molecule has 3 aromatic heterocycles. The molecule has 3 aromatic rings. The number of pyridine rings is 1. The minimum absolute atomic E-state index is 0.0416. The molecule has 2 aliphatic carbocycles. The van der Waals surface area contributed by atoms with Gasteiger partial charge in [0.25, 0.3) is 11.5 Å². The minimum Gasteiger partial charge on any atom is -0.349 e. The summed E-state index contributed by atoms with van der Waals surface area (Å²) in [5, 5.41) is 3.96. The number of carbonyl (C=O) groups excluding carboxylic acids is 1. The Balaban J connectivity index is 1.61. The third kappa shape index (κ3) is 2.85. The summed E-state index contributed by atoms with van der Waals surface area (Å²) >= 11 is 1.63. The summed E-state index contributed by atoms with van der Waals surface area (Å²) in [7, 11) is 0. The van der Waals surface area contributed by atoms with E-state index >= 15 is 0 Å². The maximum atomic E-state index is 13.2. The van der Waals surface area contributed by atoms with Crippen LogP contribution in [0.2, 0.25) is 0 Å². The number of thiophene rings is 1. The van der Waals surface area contributed by atoms with Crippen molar-refractivity contribution in [3.05, 3.63) is 44.7 Å². The molecule has 1 saturated carbocycles. The summed E-state index contributed by atoms with van der Waals surface area (Å²) in [6, 6.07) is 3.76. The van der Waals surface area contributed by atoms with Gasteiger partial charge in [-0.25, -0.2) is 4.98 Å². The largest absolute Gasteiger partial charge is 0.349 e. The van der Waals surface area contributed by atoms with Crippen molar-refractivity contribution in [2.45, 2.75) is 64.3 Å². The average Bonchev–Trinajstić information content (AvgIpc) is 3.08. The zero-order valence-electron chi connectivity index (χ0n) is 16.2. The number of hydrogen-bond acceptors (Lipinski definition) is 4. The van der Waals surface area contributed by atoms with Gasteiger partial charge in [0.1, 0.15) is 4.83 Å². The predicted molar refractivity (Wildman–Crippen MR) is 112 cm³/mol. The number of rotatable bonds is 2. The van der Waals surface area contributed by atoms with E-state index in [-0.39, 0.29) is 17.5 Å². The normalized spacial score (nSPS) is 22.3. The Hall–Kier alpha value is -2.21. The van der Waals surface area contributed by atoms with Crippen LogP contribution in [-0.4, -0.2) is 21.3 Å². The zero-order valence-corrected chi connectivity index (χ0v) is 17.0. The summed E-state index contributed by atoms with van der Waals surface area (Å²) < 4.78 is 1.56. The number of nitrogens with one attached hydrogen (secondary N) is 1. The average molecular weight is 396 g/mol. The second-order valence-corrected chi connectivity index (χ2v) is 9.35. The quantitative estimate of drug-likeness (QED) is 0.711. The van der Waals surface area contributed by atoms with Crippen LogP contribution < -0.4 is 10.9 Å². The van der Waals surface area contributed by atoms with Crippen molar-refractivity contribution in [3.8, 4) is 0 Å². The number of aromatic nitrogens is 2. The summed E-state index contributed by atoms with van der Waals surface area (Å²) in [6.45, 7) is 2.20. The second kappa shape index (κ2) is 6.99. The minimum atomic E-state index is -0.121. The topological polar surface area (TPSA) is 63.5 Å². The first kappa shape index (κ1) is 17.9. The van der Waals surface area contributed by atoms with Crippen LogP contribution >= 0.6 is 11.3 Å². The van der Waals surface area contributed by atoms with Crippen molar-refractivity contribution in [1.29, 1.82) is 0 Å². The van der Waals surface area contributed by atoms with Crippen molar-refractivity contribution in [2.75, 3.05) is 0 Å². The Bertz CT molecular complexity index is 1130. The monoisotopic (exact) mass is 395 g/mol. The molecule has 28 heavy (non-hydrogen) atoms. The molecule has 0 unspecified atom stereocenters. The number of nitrogens with zero attached hydrogens (tertiary/aromatic N) is 2. The van der Waals surface area contributed by atoms with Crippen LogP contribution in [0.3, 0.4) is 0 Å². The van der Waals surface area contributed by atoms with Gasteiger partial charge < -0.3 is 5.32 Å². The van der Waals surface area contributed by atoms with Crippen molar-refractivity contribution < 1.29 is 4.79 Å². The molecule has 0 spiro atoms. The van der Waals surface area contributed by atoms with Gasteiger partial charge in [-0.1, -0.05) is 19.8 Å². The van der Waals surface area contributed by atoms with E-state index in [9.17, 15) is 9.59 Å². The maximum absolute atomic E-state index is 13.2. The van der Waals surface area contributed by atoms with E-state index in [0.717, 1.165) is 48.7 Å². The molecule has 0 radical (unpaired) electrons. The van der Waals surface area contributed by atoms with Gasteiger partial charge in [0.05, 0.1) is 10.9 Å². The van der Waals surface area contributed by atoms with Gasteiger partial charge in [-0.2, -0.15) is 0 Å². The molecule has 0 aromatic carbocycles. The van der Waals surface area contributed by atoms with Crippen molar-refractivity contribution in [2.24, 2.45) is 5.92 Å². The molecule has 5 nitrogen and oxygen atoms in total. The van der Waals surface area contributed by atoms with E-state index in [1.165, 1.54) is 23.3 Å². The first-order chi connectivity index (χ1) is 13.6. The van der Waals surface area contributed by atoms with Gasteiger partial charge in [0.2, 0.25) is 0 Å². The van der Waals surface area contributed by atoms with Gasteiger partial charge in [0.15, 0.2) is 5.65 Å². The lowest BCUT2D eigenvalue weighted by atomic mass is 9.86. The van der Waals surface area contributed by atoms with Gasteiger partial charge >= 0.3 is 0 Å². The van der Waals surface area contributed by atoms with E-state index in [0.29, 0.717) is 17.1 Å². The fraction of sp³-hybridized carbons (Fsp3) is 0.500. The molecule has 1 N–H and O–H groups in total. The number of amides is 1. The van der Waals surface area contributed by atoms with E-state index in [1.807, 2.05) is 0 Å². The third-order valence-corrected chi connectivity index (χ3v) is 7.62.